The molecule has 170 valence electrons. The molecule has 1 aliphatic heterocycles. The molecule has 2 aromatic heterocycles. The summed E-state index contributed by atoms with van der Waals surface area (Å²) in [7, 11) is 3.06. The third kappa shape index (κ3) is 3.09. The van der Waals surface area contributed by atoms with E-state index in [9.17, 15) is 9.59 Å². The molecule has 2 aliphatic rings. The third-order valence-electron chi connectivity index (χ3n) is 6.10. The molecule has 0 radical (unpaired) electrons. The van der Waals surface area contributed by atoms with Gasteiger partial charge in [0.2, 0.25) is 5.43 Å². The number of nitrogens with one attached hydrogen (secondary N) is 3. The normalized spacial score (nSPS) is 20.1. The van der Waals surface area contributed by atoms with E-state index in [2.05, 4.69) is 20.4 Å². The number of aromatic nitrogens is 2. The lowest BCUT2D eigenvalue weighted by atomic mass is 10.1. The van der Waals surface area contributed by atoms with Crippen LogP contribution in [0.4, 0.5) is 15.8 Å². The molecule has 5 rings (SSSR count). The highest BCUT2D eigenvalue weighted by molar-refractivity contribution is 7.12. The fourth-order valence-electron chi connectivity index (χ4n) is 4.49. The minimum atomic E-state index is -0.577. The molecule has 1 saturated heterocycles. The number of hydrogen-bond acceptors (Lipinski definition) is 9. The van der Waals surface area contributed by atoms with Gasteiger partial charge < -0.3 is 25.5 Å². The number of hydrogen-bond donors (Lipinski definition) is 4. The number of anilines is 2. The minimum absolute atomic E-state index is 0.0216. The summed E-state index contributed by atoms with van der Waals surface area (Å²) in [6.45, 7) is 1.21. The number of rotatable bonds is 6. The van der Waals surface area contributed by atoms with Crippen molar-refractivity contribution < 1.29 is 9.23 Å². The van der Waals surface area contributed by atoms with Crippen molar-refractivity contribution in [2.24, 2.45) is 16.8 Å². The molecule has 3 aromatic rings. The quantitative estimate of drug-likeness (QED) is 0.408. The molecule has 5 N–H and O–H groups in total. The Balaban J connectivity index is 1.82. The van der Waals surface area contributed by atoms with Crippen LogP contribution in [0.1, 0.15) is 18.9 Å². The Morgan fingerprint density at radius 1 is 1.38 bits per heavy atom. The van der Waals surface area contributed by atoms with Gasteiger partial charge in [-0.2, -0.15) is 0 Å². The van der Waals surface area contributed by atoms with Gasteiger partial charge >= 0.3 is 0 Å². The molecule has 1 aliphatic carbocycles. The molecule has 1 atom stereocenters. The molecule has 0 amide bonds. The average molecular weight is 462 g/mol. The van der Waals surface area contributed by atoms with Gasteiger partial charge in [-0.1, -0.05) is 5.16 Å². The zero-order chi connectivity index (χ0) is 22.6. The first-order chi connectivity index (χ1) is 15.5. The topological polar surface area (TPSA) is 130 Å². The van der Waals surface area contributed by atoms with E-state index in [4.69, 9.17) is 10.6 Å². The fourth-order valence-corrected chi connectivity index (χ4v) is 5.42. The van der Waals surface area contributed by atoms with Gasteiger partial charge in [0.1, 0.15) is 23.0 Å². The van der Waals surface area contributed by atoms with Crippen molar-refractivity contribution in [2.75, 3.05) is 44.1 Å². The van der Waals surface area contributed by atoms with Gasteiger partial charge in [-0.25, -0.2) is 9.82 Å². The summed E-state index contributed by atoms with van der Waals surface area (Å²) in [5.41, 5.74) is 12.2. The minimum Gasteiger partial charge on any atom is -0.399 e. The number of fused-ring (bicyclic) bond motifs is 2. The van der Waals surface area contributed by atoms with E-state index in [-0.39, 0.29) is 28.4 Å². The van der Waals surface area contributed by atoms with Crippen molar-refractivity contribution >= 4 is 49.7 Å². The SMILES string of the molecule is CNNc1c(F)c(N2C/C(=N/OC)C(CN)C2)cc2c1c(=O)c1c(=O)[nH]sc1n2C1CC1. The van der Waals surface area contributed by atoms with E-state index in [1.165, 1.54) is 7.11 Å². The van der Waals surface area contributed by atoms with E-state index >= 15 is 4.39 Å². The smallest absolute Gasteiger partial charge is 0.271 e. The van der Waals surface area contributed by atoms with Crippen LogP contribution < -0.4 is 32.5 Å². The highest BCUT2D eigenvalue weighted by Crippen LogP contribution is 2.43. The third-order valence-corrected chi connectivity index (χ3v) is 6.98. The fraction of sp³-hybridized carbons (Fsp3) is 0.450. The van der Waals surface area contributed by atoms with Gasteiger partial charge in [-0.3, -0.25) is 14.0 Å². The van der Waals surface area contributed by atoms with Crippen LogP contribution >= 0.6 is 11.5 Å². The first kappa shape index (κ1) is 20.9. The van der Waals surface area contributed by atoms with Gasteiger partial charge in [-0.15, -0.1) is 0 Å². The molecule has 1 saturated carbocycles. The van der Waals surface area contributed by atoms with Crippen LogP contribution in [0.3, 0.4) is 0 Å². The van der Waals surface area contributed by atoms with E-state index in [1.807, 2.05) is 9.47 Å². The van der Waals surface area contributed by atoms with Gasteiger partial charge in [0.05, 0.1) is 28.8 Å². The molecule has 1 aromatic carbocycles. The Labute approximate surface area is 185 Å². The van der Waals surface area contributed by atoms with Crippen LogP contribution in [-0.4, -0.2) is 48.4 Å². The molecular formula is C20H24FN7O3S. The molecule has 32 heavy (non-hydrogen) atoms. The number of H-pyrrole nitrogens is 1. The predicted molar refractivity (Wildman–Crippen MR) is 124 cm³/mol. The van der Waals surface area contributed by atoms with Crippen LogP contribution in [0.15, 0.2) is 20.8 Å². The van der Waals surface area contributed by atoms with Crippen molar-refractivity contribution in [3.8, 4) is 0 Å². The lowest BCUT2D eigenvalue weighted by molar-refractivity contribution is 0.211. The van der Waals surface area contributed by atoms with Crippen LogP contribution in [0, 0.1) is 11.7 Å². The maximum absolute atomic E-state index is 15.9. The van der Waals surface area contributed by atoms with E-state index in [0.29, 0.717) is 35.7 Å². The van der Waals surface area contributed by atoms with Crippen molar-refractivity contribution in [1.82, 2.24) is 14.4 Å². The standard InChI is InChI=1S/C20H24FN7O3S/c1-23-24-17-14-12(28(10-3-4-10)20-15(18(14)29)19(30)26-32-20)5-13(16(17)21)27-7-9(6-22)11(8-27)25-31-2/h5,9-10,23-24H,3-4,6-8,22H2,1-2H3,(H,26,30)/b25-11-. The number of aromatic amines is 1. The lowest BCUT2D eigenvalue weighted by Gasteiger charge is -2.23. The van der Waals surface area contributed by atoms with Crippen LogP contribution in [0.2, 0.25) is 0 Å². The largest absolute Gasteiger partial charge is 0.399 e. The van der Waals surface area contributed by atoms with Crippen molar-refractivity contribution in [1.29, 1.82) is 0 Å². The summed E-state index contributed by atoms with van der Waals surface area (Å²) in [6.07, 6.45) is 1.87. The Bertz CT molecular complexity index is 1360. The Morgan fingerprint density at radius 2 is 2.16 bits per heavy atom. The first-order valence-corrected chi connectivity index (χ1v) is 11.2. The summed E-state index contributed by atoms with van der Waals surface area (Å²) in [6, 6.07) is 1.87. The van der Waals surface area contributed by atoms with Gasteiger partial charge in [0.25, 0.3) is 5.56 Å². The second-order valence-electron chi connectivity index (χ2n) is 8.08. The lowest BCUT2D eigenvalue weighted by Crippen LogP contribution is -2.26. The maximum atomic E-state index is 15.9. The summed E-state index contributed by atoms with van der Waals surface area (Å²) in [5.74, 6) is -0.638. The summed E-state index contributed by atoms with van der Waals surface area (Å²) >= 11 is 1.14. The molecule has 3 heterocycles. The number of nitrogens with two attached hydrogens (primary N) is 1. The number of hydrazine groups is 1. The molecule has 1 unspecified atom stereocenters. The second-order valence-corrected chi connectivity index (χ2v) is 8.87. The average Bonchev–Trinajstić information content (AvgIpc) is 3.42. The Hall–Kier alpha value is -2.96. The second kappa shape index (κ2) is 7.87. The zero-order valence-electron chi connectivity index (χ0n) is 17.7. The van der Waals surface area contributed by atoms with E-state index in [1.54, 1.807) is 13.1 Å². The van der Waals surface area contributed by atoms with Crippen LogP contribution in [0.25, 0.3) is 21.1 Å². The maximum Gasteiger partial charge on any atom is 0.271 e. The molecule has 0 bridgehead atoms. The predicted octanol–water partition coefficient (Wildman–Crippen LogP) is 1.32. The van der Waals surface area contributed by atoms with Crippen molar-refractivity contribution in [2.45, 2.75) is 18.9 Å². The van der Waals surface area contributed by atoms with Gasteiger partial charge in [-0.05, 0) is 30.4 Å². The van der Waals surface area contributed by atoms with Crippen molar-refractivity contribution in [3.63, 3.8) is 0 Å². The molecule has 10 nitrogen and oxygen atoms in total. The summed E-state index contributed by atoms with van der Waals surface area (Å²) in [4.78, 5) is 33.1. The first-order valence-electron chi connectivity index (χ1n) is 10.4. The van der Waals surface area contributed by atoms with Crippen LogP contribution in [-0.2, 0) is 4.84 Å². The number of benzene rings is 1. The Kier molecular flexibility index (Phi) is 5.14. The molecule has 2 fully saturated rings. The monoisotopic (exact) mass is 461 g/mol. The van der Waals surface area contributed by atoms with Crippen LogP contribution in [0.5, 0.6) is 0 Å². The van der Waals surface area contributed by atoms with Gasteiger partial charge in [0, 0.05) is 32.1 Å². The zero-order valence-corrected chi connectivity index (χ0v) is 18.5. The Morgan fingerprint density at radius 3 is 2.81 bits per heavy atom. The molecular weight excluding hydrogens is 437 g/mol. The molecule has 0 spiro atoms. The van der Waals surface area contributed by atoms with Crippen molar-refractivity contribution in [3.05, 3.63) is 32.5 Å². The highest BCUT2D eigenvalue weighted by atomic mass is 32.1. The number of oxime groups is 1. The summed E-state index contributed by atoms with van der Waals surface area (Å²) < 4.78 is 20.5. The number of pyridine rings is 1. The number of halogens is 1. The van der Waals surface area contributed by atoms with Gasteiger partial charge in [0.15, 0.2) is 5.82 Å². The summed E-state index contributed by atoms with van der Waals surface area (Å²) in [5, 5.41) is 4.29. The molecule has 12 heteroatoms. The highest BCUT2D eigenvalue weighted by Gasteiger charge is 2.34. The number of nitrogens with zero attached hydrogens (tertiary/aromatic N) is 3. The van der Waals surface area contributed by atoms with E-state index < -0.39 is 16.8 Å². The van der Waals surface area contributed by atoms with E-state index in [0.717, 1.165) is 30.1 Å².